The van der Waals surface area contributed by atoms with Crippen molar-refractivity contribution in [3.8, 4) is 0 Å². The van der Waals surface area contributed by atoms with E-state index in [1.807, 2.05) is 0 Å². The molecular formula is C10H19NO5S2. The third-order valence-corrected chi connectivity index (χ3v) is 6.26. The first kappa shape index (κ1) is 15.7. The SMILES string of the molecule is CCS(=O)(=O)C1CSCCN1C(COC)C(=O)O. The molecule has 0 aromatic heterocycles. The highest BCUT2D eigenvalue weighted by Crippen LogP contribution is 2.23. The van der Waals surface area contributed by atoms with Gasteiger partial charge in [0.15, 0.2) is 9.84 Å². The van der Waals surface area contributed by atoms with Crippen LogP contribution in [0.3, 0.4) is 0 Å². The Balaban J connectivity index is 2.97. The Bertz CT molecular complexity index is 384. The molecule has 6 nitrogen and oxygen atoms in total. The summed E-state index contributed by atoms with van der Waals surface area (Å²) in [5, 5.41) is 8.46. The Morgan fingerprint density at radius 1 is 1.61 bits per heavy atom. The molecule has 1 rings (SSSR count). The van der Waals surface area contributed by atoms with E-state index in [2.05, 4.69) is 0 Å². The zero-order valence-electron chi connectivity index (χ0n) is 10.5. The van der Waals surface area contributed by atoms with Crippen molar-refractivity contribution in [3.05, 3.63) is 0 Å². The highest BCUT2D eigenvalue weighted by atomic mass is 32.2. The topological polar surface area (TPSA) is 83.9 Å². The molecule has 0 aromatic rings. The molecule has 2 atom stereocenters. The minimum absolute atomic E-state index is 0.00423. The van der Waals surface area contributed by atoms with Gasteiger partial charge in [-0.05, 0) is 0 Å². The van der Waals surface area contributed by atoms with Crippen molar-refractivity contribution in [2.75, 3.05) is 37.5 Å². The maximum absolute atomic E-state index is 12.0. The van der Waals surface area contributed by atoms with Crippen molar-refractivity contribution < 1.29 is 23.1 Å². The van der Waals surface area contributed by atoms with Crippen molar-refractivity contribution in [3.63, 3.8) is 0 Å². The molecule has 0 spiro atoms. The summed E-state index contributed by atoms with van der Waals surface area (Å²) >= 11 is 1.54. The van der Waals surface area contributed by atoms with Crippen LogP contribution in [0.15, 0.2) is 0 Å². The van der Waals surface area contributed by atoms with Crippen molar-refractivity contribution in [1.29, 1.82) is 0 Å². The molecule has 1 aliphatic heterocycles. The number of aliphatic carboxylic acids is 1. The second-order valence-corrected chi connectivity index (χ2v) is 7.63. The number of thioether (sulfide) groups is 1. The predicted octanol–water partition coefficient (Wildman–Crippen LogP) is -0.104. The van der Waals surface area contributed by atoms with Crippen LogP contribution in [0.25, 0.3) is 0 Å². The number of carboxylic acids is 1. The summed E-state index contributed by atoms with van der Waals surface area (Å²) in [4.78, 5) is 12.8. The van der Waals surface area contributed by atoms with E-state index in [1.165, 1.54) is 7.11 Å². The van der Waals surface area contributed by atoms with E-state index >= 15 is 0 Å². The smallest absolute Gasteiger partial charge is 0.323 e. The van der Waals surface area contributed by atoms with E-state index in [0.29, 0.717) is 12.3 Å². The van der Waals surface area contributed by atoms with E-state index in [-0.39, 0.29) is 12.4 Å². The largest absolute Gasteiger partial charge is 0.480 e. The number of methoxy groups -OCH3 is 1. The lowest BCUT2D eigenvalue weighted by atomic mass is 10.2. The van der Waals surface area contributed by atoms with Crippen molar-refractivity contribution in [2.24, 2.45) is 0 Å². The molecule has 1 aliphatic rings. The fourth-order valence-corrected chi connectivity index (χ4v) is 4.99. The number of hydrogen-bond acceptors (Lipinski definition) is 6. The molecule has 0 aliphatic carbocycles. The quantitative estimate of drug-likeness (QED) is 0.732. The third kappa shape index (κ3) is 3.59. The molecule has 2 unspecified atom stereocenters. The number of carbonyl (C=O) groups is 1. The minimum Gasteiger partial charge on any atom is -0.480 e. The lowest BCUT2D eigenvalue weighted by Crippen LogP contribution is -2.56. The zero-order valence-corrected chi connectivity index (χ0v) is 12.2. The number of rotatable bonds is 6. The van der Waals surface area contributed by atoms with Gasteiger partial charge in [0.2, 0.25) is 0 Å². The molecule has 1 saturated heterocycles. The Morgan fingerprint density at radius 3 is 2.78 bits per heavy atom. The summed E-state index contributed by atoms with van der Waals surface area (Å²) in [5.74, 6) is 0.140. The highest BCUT2D eigenvalue weighted by molar-refractivity contribution is 8.01. The monoisotopic (exact) mass is 297 g/mol. The number of hydrogen-bond donors (Lipinski definition) is 1. The molecule has 1 fully saturated rings. The van der Waals surface area contributed by atoms with Crippen LogP contribution in [0.2, 0.25) is 0 Å². The molecule has 1 heterocycles. The average molecular weight is 297 g/mol. The van der Waals surface area contributed by atoms with Gasteiger partial charge in [-0.3, -0.25) is 9.69 Å². The average Bonchev–Trinajstić information content (AvgIpc) is 2.35. The molecule has 106 valence electrons. The fraction of sp³-hybridized carbons (Fsp3) is 0.900. The molecule has 8 heteroatoms. The van der Waals surface area contributed by atoms with Gasteiger partial charge in [0.25, 0.3) is 0 Å². The van der Waals surface area contributed by atoms with E-state index in [0.717, 1.165) is 5.75 Å². The van der Waals surface area contributed by atoms with Crippen molar-refractivity contribution >= 4 is 27.6 Å². The van der Waals surface area contributed by atoms with Gasteiger partial charge in [-0.1, -0.05) is 6.92 Å². The summed E-state index contributed by atoms with van der Waals surface area (Å²) in [6.45, 7) is 2.03. The Labute approximate surface area is 112 Å². The molecule has 18 heavy (non-hydrogen) atoms. The van der Waals surface area contributed by atoms with Gasteiger partial charge in [-0.15, -0.1) is 0 Å². The van der Waals surface area contributed by atoms with Gasteiger partial charge in [0, 0.05) is 30.9 Å². The summed E-state index contributed by atoms with van der Waals surface area (Å²) in [6, 6.07) is -0.901. The molecule has 1 N–H and O–H groups in total. The number of carboxylic acid groups (broad SMARTS) is 1. The second kappa shape index (κ2) is 6.74. The maximum atomic E-state index is 12.0. The number of ether oxygens (including phenoxy) is 1. The predicted molar refractivity (Wildman–Crippen MR) is 70.6 cm³/mol. The lowest BCUT2D eigenvalue weighted by molar-refractivity contribution is -0.145. The van der Waals surface area contributed by atoms with Crippen LogP contribution in [-0.4, -0.2) is 73.3 Å². The number of nitrogens with zero attached hydrogens (tertiary/aromatic N) is 1. The molecule has 0 amide bonds. The Hall–Kier alpha value is -0.310. The van der Waals surface area contributed by atoms with Crippen LogP contribution < -0.4 is 0 Å². The van der Waals surface area contributed by atoms with Gasteiger partial charge in [0.1, 0.15) is 11.4 Å². The first-order valence-electron chi connectivity index (χ1n) is 5.70. The van der Waals surface area contributed by atoms with E-state index in [4.69, 9.17) is 4.74 Å². The van der Waals surface area contributed by atoms with Crippen molar-refractivity contribution in [2.45, 2.75) is 18.3 Å². The molecule has 0 bridgehead atoms. The van der Waals surface area contributed by atoms with Crippen LogP contribution in [0.5, 0.6) is 0 Å². The van der Waals surface area contributed by atoms with Crippen LogP contribution in [0.4, 0.5) is 0 Å². The van der Waals surface area contributed by atoms with Gasteiger partial charge in [-0.2, -0.15) is 11.8 Å². The van der Waals surface area contributed by atoms with Crippen LogP contribution >= 0.6 is 11.8 Å². The standard InChI is InChI=1S/C10H19NO5S2/c1-3-18(14,15)9-7-17-5-4-11(9)8(6-16-2)10(12)13/h8-9H,3-7H2,1-2H3,(H,12,13). The van der Waals surface area contributed by atoms with Gasteiger partial charge in [0.05, 0.1) is 6.61 Å². The van der Waals surface area contributed by atoms with Crippen molar-refractivity contribution in [1.82, 2.24) is 4.90 Å². The molecule has 0 radical (unpaired) electrons. The highest BCUT2D eigenvalue weighted by Gasteiger charge is 2.39. The first-order chi connectivity index (χ1) is 8.44. The van der Waals surface area contributed by atoms with E-state index in [1.54, 1.807) is 23.6 Å². The molecular weight excluding hydrogens is 278 g/mol. The molecule has 0 aromatic carbocycles. The van der Waals surface area contributed by atoms with E-state index < -0.39 is 27.2 Å². The van der Waals surface area contributed by atoms with Gasteiger partial charge >= 0.3 is 5.97 Å². The second-order valence-electron chi connectivity index (χ2n) is 4.03. The Kier molecular flexibility index (Phi) is 5.90. The molecule has 0 saturated carbocycles. The van der Waals surface area contributed by atoms with Gasteiger partial charge < -0.3 is 9.84 Å². The normalized spacial score (nSPS) is 23.8. The summed E-state index contributed by atoms with van der Waals surface area (Å²) in [5.41, 5.74) is 0. The summed E-state index contributed by atoms with van der Waals surface area (Å²) in [6.07, 6.45) is 0. The summed E-state index contributed by atoms with van der Waals surface area (Å²) < 4.78 is 28.9. The zero-order chi connectivity index (χ0) is 13.8. The Morgan fingerprint density at radius 2 is 2.28 bits per heavy atom. The van der Waals surface area contributed by atoms with Crippen LogP contribution in [-0.2, 0) is 19.4 Å². The third-order valence-electron chi connectivity index (χ3n) is 2.95. The van der Waals surface area contributed by atoms with Crippen LogP contribution in [0.1, 0.15) is 6.92 Å². The summed E-state index contributed by atoms with van der Waals surface area (Å²) in [7, 11) is -1.87. The number of sulfone groups is 1. The minimum atomic E-state index is -3.28. The first-order valence-corrected chi connectivity index (χ1v) is 8.57. The lowest BCUT2D eigenvalue weighted by Gasteiger charge is -2.38. The maximum Gasteiger partial charge on any atom is 0.323 e. The van der Waals surface area contributed by atoms with Crippen LogP contribution in [0, 0.1) is 0 Å². The van der Waals surface area contributed by atoms with Gasteiger partial charge in [-0.25, -0.2) is 8.42 Å². The fourth-order valence-electron chi connectivity index (χ4n) is 1.92. The van der Waals surface area contributed by atoms with E-state index in [9.17, 15) is 18.3 Å².